The molecule has 1 saturated heterocycles. The molecule has 1 N–H and O–H groups in total. The molecule has 0 aromatic heterocycles. The standard InChI is InChI=1S/C38H52ClN5O5S/c1-26-7-6-15-38(23-36(40-49-38)43-19-17-42(3)18-20-43)33-13-10-30(33)24-44-16-5-4-8-28-21-32(39)12-9-31(28)25-48-35-14-11-29(22-34(35)44)37(45)41-50(46,47)27(26)2/h9,11-12,14,21-22,26-27,30,33H,4-8,10,13,15-20,23-25H2,1-3H3,(H,41,45)/t26-,27+,30-,33+,38+/m0/s1. The molecule has 1 amide bonds. The first-order chi connectivity index (χ1) is 24.0. The highest BCUT2D eigenvalue weighted by molar-refractivity contribution is 7.90. The third-order valence-electron chi connectivity index (χ3n) is 12.2. The molecule has 0 unspecified atom stereocenters. The number of oxime groups is 1. The molecular formula is C38H52ClN5O5S. The predicted molar refractivity (Wildman–Crippen MR) is 197 cm³/mol. The van der Waals surface area contributed by atoms with Crippen LogP contribution < -0.4 is 14.4 Å². The number of hydrogen-bond acceptors (Lipinski definition) is 9. The molecule has 4 aliphatic heterocycles. The van der Waals surface area contributed by atoms with Gasteiger partial charge < -0.3 is 24.3 Å². The lowest BCUT2D eigenvalue weighted by Crippen LogP contribution is -2.53. The van der Waals surface area contributed by atoms with E-state index in [-0.39, 0.29) is 5.92 Å². The summed E-state index contributed by atoms with van der Waals surface area (Å²) in [4.78, 5) is 27.3. The number of halogens is 1. The summed E-state index contributed by atoms with van der Waals surface area (Å²) in [5.74, 6) is 1.69. The summed E-state index contributed by atoms with van der Waals surface area (Å²) in [7, 11) is -1.76. The maximum Gasteiger partial charge on any atom is 0.264 e. The van der Waals surface area contributed by atoms with Crippen LogP contribution in [0.4, 0.5) is 5.69 Å². The first-order valence-corrected chi connectivity index (χ1v) is 20.5. The Morgan fingerprint density at radius 2 is 1.76 bits per heavy atom. The van der Waals surface area contributed by atoms with Gasteiger partial charge in [0.15, 0.2) is 0 Å². The van der Waals surface area contributed by atoms with Crippen LogP contribution in [0, 0.1) is 17.8 Å². The van der Waals surface area contributed by atoms with E-state index in [2.05, 4.69) is 26.5 Å². The number of anilines is 1. The van der Waals surface area contributed by atoms with E-state index in [9.17, 15) is 13.2 Å². The van der Waals surface area contributed by atoms with Gasteiger partial charge in [-0.15, -0.1) is 0 Å². The van der Waals surface area contributed by atoms with Gasteiger partial charge in [0, 0.05) is 55.8 Å². The van der Waals surface area contributed by atoms with Gasteiger partial charge in [-0.05, 0) is 119 Å². The number of amides is 1. The summed E-state index contributed by atoms with van der Waals surface area (Å²) >= 11 is 6.39. The van der Waals surface area contributed by atoms with Crippen molar-refractivity contribution in [3.8, 4) is 5.75 Å². The number of fused-ring (bicyclic) bond motifs is 4. The Hall–Kier alpha value is -3.02. The van der Waals surface area contributed by atoms with E-state index in [1.807, 2.05) is 37.3 Å². The van der Waals surface area contributed by atoms with E-state index in [0.717, 1.165) is 119 Å². The Balaban J connectivity index is 1.23. The van der Waals surface area contributed by atoms with Crippen LogP contribution in [-0.4, -0.2) is 87.1 Å². The van der Waals surface area contributed by atoms with Gasteiger partial charge in [-0.25, -0.2) is 13.1 Å². The molecule has 1 saturated carbocycles. The van der Waals surface area contributed by atoms with E-state index in [4.69, 9.17) is 26.3 Å². The van der Waals surface area contributed by atoms with Gasteiger partial charge in [0.05, 0.1) is 17.4 Å². The molecule has 5 atom stereocenters. The Morgan fingerprint density at radius 3 is 2.54 bits per heavy atom. The normalized spacial score (nSPS) is 30.8. The van der Waals surface area contributed by atoms with Gasteiger partial charge in [-0.3, -0.25) is 4.79 Å². The molecule has 10 nitrogen and oxygen atoms in total. The maximum atomic E-state index is 13.6. The minimum absolute atomic E-state index is 0.143. The molecule has 5 aliphatic rings. The fraction of sp³-hybridized carbons (Fsp3) is 0.632. The SMILES string of the molecule is C[C@@H]1[C@@H](C)CCC[C@@]2(CC(N3CCN(C)CC3)=NO2)[C@@H]2CC[C@H]2CN2CCCCc3cc(Cl)ccc3COc3ccc(cc32)C(=O)NS1(=O)=O. The van der Waals surface area contributed by atoms with Gasteiger partial charge in [0.2, 0.25) is 10.0 Å². The summed E-state index contributed by atoms with van der Waals surface area (Å²) in [6.07, 6.45) is 8.17. The number of carbonyl (C=O) groups excluding carboxylic acids is 1. The molecule has 2 fully saturated rings. The predicted octanol–water partition coefficient (Wildman–Crippen LogP) is 6.08. The van der Waals surface area contributed by atoms with Crippen molar-refractivity contribution in [2.24, 2.45) is 22.9 Å². The molecule has 7 rings (SSSR count). The summed E-state index contributed by atoms with van der Waals surface area (Å²) in [6.45, 7) is 9.54. The topological polar surface area (TPSA) is 104 Å². The van der Waals surface area contributed by atoms with Crippen molar-refractivity contribution in [1.29, 1.82) is 0 Å². The lowest BCUT2D eigenvalue weighted by atomic mass is 9.62. The number of aryl methyl sites for hydroxylation is 1. The number of nitrogens with zero attached hydrogens (tertiary/aromatic N) is 4. The van der Waals surface area contributed by atoms with Crippen molar-refractivity contribution in [3.63, 3.8) is 0 Å². The highest BCUT2D eigenvalue weighted by Gasteiger charge is 2.53. The van der Waals surface area contributed by atoms with Crippen molar-refractivity contribution in [2.75, 3.05) is 51.2 Å². The molecule has 12 heteroatoms. The lowest BCUT2D eigenvalue weighted by Gasteiger charge is -2.49. The first kappa shape index (κ1) is 35.4. The molecule has 272 valence electrons. The van der Waals surface area contributed by atoms with Crippen LogP contribution in [0.15, 0.2) is 41.6 Å². The zero-order valence-corrected chi connectivity index (χ0v) is 31.3. The molecule has 2 bridgehead atoms. The number of carbonyl (C=O) groups is 1. The number of rotatable bonds is 0. The van der Waals surface area contributed by atoms with E-state index in [1.54, 1.807) is 13.0 Å². The van der Waals surface area contributed by atoms with Crippen LogP contribution in [0.2, 0.25) is 5.02 Å². The Morgan fingerprint density at radius 1 is 0.940 bits per heavy atom. The second-order valence-electron chi connectivity index (χ2n) is 15.4. The first-order valence-electron chi connectivity index (χ1n) is 18.5. The van der Waals surface area contributed by atoms with Gasteiger partial charge >= 0.3 is 0 Å². The summed E-state index contributed by atoms with van der Waals surface area (Å²) in [5.41, 5.74) is 3.00. The third kappa shape index (κ3) is 7.33. The second-order valence-corrected chi connectivity index (χ2v) is 17.9. The second kappa shape index (κ2) is 14.5. The number of nitrogens with one attached hydrogen (secondary N) is 1. The number of ether oxygens (including phenoxy) is 1. The monoisotopic (exact) mass is 725 g/mol. The molecule has 4 heterocycles. The highest BCUT2D eigenvalue weighted by atomic mass is 35.5. The zero-order valence-electron chi connectivity index (χ0n) is 29.7. The van der Waals surface area contributed by atoms with Crippen LogP contribution in [-0.2, 0) is 27.9 Å². The van der Waals surface area contributed by atoms with Gasteiger partial charge in [-0.2, -0.15) is 0 Å². The van der Waals surface area contributed by atoms with Crippen LogP contribution in [0.1, 0.15) is 86.7 Å². The summed E-state index contributed by atoms with van der Waals surface area (Å²) in [5, 5.41) is 4.77. The smallest absolute Gasteiger partial charge is 0.264 e. The van der Waals surface area contributed by atoms with Crippen LogP contribution >= 0.6 is 11.6 Å². The lowest BCUT2D eigenvalue weighted by molar-refractivity contribution is -0.118. The minimum atomic E-state index is -3.92. The van der Waals surface area contributed by atoms with E-state index < -0.39 is 26.8 Å². The Bertz CT molecular complexity index is 1710. The van der Waals surface area contributed by atoms with Crippen molar-refractivity contribution in [1.82, 2.24) is 14.5 Å². The van der Waals surface area contributed by atoms with Crippen molar-refractivity contribution >= 4 is 39.1 Å². The summed E-state index contributed by atoms with van der Waals surface area (Å²) in [6, 6.07) is 11.3. The van der Waals surface area contributed by atoms with Crippen molar-refractivity contribution in [3.05, 3.63) is 58.1 Å². The van der Waals surface area contributed by atoms with Crippen molar-refractivity contribution in [2.45, 2.75) is 89.1 Å². The number of sulfonamides is 1. The van der Waals surface area contributed by atoms with E-state index in [1.165, 1.54) is 5.56 Å². The van der Waals surface area contributed by atoms with E-state index in [0.29, 0.717) is 29.8 Å². The van der Waals surface area contributed by atoms with Crippen LogP contribution in [0.25, 0.3) is 0 Å². The minimum Gasteiger partial charge on any atom is -0.487 e. The zero-order chi connectivity index (χ0) is 35.0. The quantitative estimate of drug-likeness (QED) is 0.349. The molecule has 2 aromatic carbocycles. The fourth-order valence-corrected chi connectivity index (χ4v) is 10.1. The largest absolute Gasteiger partial charge is 0.487 e. The Kier molecular flexibility index (Phi) is 10.3. The van der Waals surface area contributed by atoms with Gasteiger partial charge in [0.25, 0.3) is 5.91 Å². The van der Waals surface area contributed by atoms with Crippen LogP contribution in [0.3, 0.4) is 0 Å². The molecule has 2 aromatic rings. The fourth-order valence-electron chi connectivity index (χ4n) is 8.62. The van der Waals surface area contributed by atoms with Crippen molar-refractivity contribution < 1.29 is 22.8 Å². The molecular weight excluding hydrogens is 674 g/mol. The number of amidine groups is 1. The number of benzene rings is 2. The summed E-state index contributed by atoms with van der Waals surface area (Å²) < 4.78 is 36.0. The molecule has 1 aliphatic carbocycles. The van der Waals surface area contributed by atoms with E-state index >= 15 is 0 Å². The average molecular weight is 726 g/mol. The Labute approximate surface area is 302 Å². The van der Waals surface area contributed by atoms with Crippen LogP contribution in [0.5, 0.6) is 5.75 Å². The number of likely N-dealkylation sites (N-methyl/N-ethyl adjacent to an activating group) is 1. The molecule has 1 spiro atoms. The maximum absolute atomic E-state index is 13.6. The third-order valence-corrected chi connectivity index (χ3v) is 14.4. The molecule has 50 heavy (non-hydrogen) atoms. The number of piperazine rings is 1. The van der Waals surface area contributed by atoms with Gasteiger partial charge in [0.1, 0.15) is 23.8 Å². The van der Waals surface area contributed by atoms with Gasteiger partial charge in [-0.1, -0.05) is 29.7 Å². The molecule has 0 radical (unpaired) electrons. The highest BCUT2D eigenvalue weighted by Crippen LogP contribution is 2.51. The number of hydrogen-bond donors (Lipinski definition) is 1. The average Bonchev–Trinajstić information content (AvgIpc) is 3.49.